The van der Waals surface area contributed by atoms with Crippen molar-refractivity contribution in [3.8, 4) is 0 Å². The molecular formula is C14H19N3O. The third-order valence-corrected chi connectivity index (χ3v) is 3.72. The van der Waals surface area contributed by atoms with Crippen molar-refractivity contribution in [3.63, 3.8) is 0 Å². The van der Waals surface area contributed by atoms with Crippen LogP contribution >= 0.6 is 0 Å². The average molecular weight is 245 g/mol. The zero-order valence-corrected chi connectivity index (χ0v) is 10.7. The fraction of sp³-hybridized carbons (Fsp3) is 0.500. The van der Waals surface area contributed by atoms with E-state index in [4.69, 9.17) is 15.5 Å². The Labute approximate surface area is 107 Å². The van der Waals surface area contributed by atoms with Crippen LogP contribution in [0.1, 0.15) is 36.8 Å². The maximum atomic E-state index is 5.83. The number of para-hydroxylation sites is 1. The highest BCUT2D eigenvalue weighted by Crippen LogP contribution is 2.30. The second-order valence-electron chi connectivity index (χ2n) is 4.87. The Balaban J connectivity index is 2.09. The van der Waals surface area contributed by atoms with Crippen molar-refractivity contribution >= 4 is 11.0 Å². The Hall–Kier alpha value is -1.39. The number of hydrogen-bond acceptors (Lipinski definition) is 3. The van der Waals surface area contributed by atoms with Gasteiger partial charge in [-0.15, -0.1) is 0 Å². The lowest BCUT2D eigenvalue weighted by atomic mass is 10.1. The maximum Gasteiger partial charge on any atom is 0.138 e. The molecule has 1 aliphatic heterocycles. The highest BCUT2D eigenvalue weighted by molar-refractivity contribution is 5.79. The number of nitrogens with zero attached hydrogens (tertiary/aromatic N) is 2. The molecule has 1 unspecified atom stereocenters. The first-order chi connectivity index (χ1) is 8.81. The number of aromatic nitrogens is 2. The number of aryl methyl sites for hydroxylation is 1. The Morgan fingerprint density at radius 1 is 1.44 bits per heavy atom. The summed E-state index contributed by atoms with van der Waals surface area (Å²) < 4.78 is 7.98. The molecule has 0 amide bonds. The highest BCUT2D eigenvalue weighted by atomic mass is 16.5. The zero-order valence-electron chi connectivity index (χ0n) is 10.7. The molecule has 2 N–H and O–H groups in total. The van der Waals surface area contributed by atoms with Crippen LogP contribution in [-0.2, 0) is 18.3 Å². The largest absolute Gasteiger partial charge is 0.370 e. The SMILES string of the molecule is Cn1c(C2CCCCO2)nc2c(CN)cccc21. The predicted octanol–water partition coefficient (Wildman–Crippen LogP) is 2.27. The number of hydrogen-bond donors (Lipinski definition) is 1. The fourth-order valence-electron chi connectivity index (χ4n) is 2.69. The molecule has 3 rings (SSSR count). The number of fused-ring (bicyclic) bond motifs is 1. The van der Waals surface area contributed by atoms with E-state index in [1.807, 2.05) is 12.1 Å². The van der Waals surface area contributed by atoms with E-state index >= 15 is 0 Å². The van der Waals surface area contributed by atoms with Crippen LogP contribution < -0.4 is 5.73 Å². The van der Waals surface area contributed by atoms with Gasteiger partial charge < -0.3 is 15.0 Å². The first-order valence-electron chi connectivity index (χ1n) is 6.57. The second kappa shape index (κ2) is 4.71. The van der Waals surface area contributed by atoms with Gasteiger partial charge in [-0.1, -0.05) is 12.1 Å². The van der Waals surface area contributed by atoms with Gasteiger partial charge in [0, 0.05) is 20.2 Å². The standard InChI is InChI=1S/C14H19N3O/c1-17-11-6-4-5-10(9-15)13(11)16-14(17)12-7-2-3-8-18-12/h4-6,12H,2-3,7-9,15H2,1H3. The van der Waals surface area contributed by atoms with Crippen LogP contribution in [0.2, 0.25) is 0 Å². The molecule has 1 aliphatic rings. The topological polar surface area (TPSA) is 53.1 Å². The van der Waals surface area contributed by atoms with E-state index in [0.29, 0.717) is 6.54 Å². The van der Waals surface area contributed by atoms with Gasteiger partial charge in [-0.2, -0.15) is 0 Å². The summed E-state index contributed by atoms with van der Waals surface area (Å²) in [4.78, 5) is 4.76. The van der Waals surface area contributed by atoms with Gasteiger partial charge in [-0.25, -0.2) is 4.98 Å². The summed E-state index contributed by atoms with van der Waals surface area (Å²) in [5.41, 5.74) is 9.04. The summed E-state index contributed by atoms with van der Waals surface area (Å²) in [6.07, 6.45) is 3.59. The molecule has 1 saturated heterocycles. The number of imidazole rings is 1. The molecule has 2 heterocycles. The summed E-state index contributed by atoms with van der Waals surface area (Å²) >= 11 is 0. The molecule has 1 atom stereocenters. The van der Waals surface area contributed by atoms with Crippen molar-refractivity contribution < 1.29 is 4.74 Å². The molecule has 0 bridgehead atoms. The van der Waals surface area contributed by atoms with Crippen LogP contribution in [0.3, 0.4) is 0 Å². The molecule has 0 aliphatic carbocycles. The summed E-state index contributed by atoms with van der Waals surface area (Å²) in [6.45, 7) is 1.37. The van der Waals surface area contributed by atoms with Gasteiger partial charge in [0.1, 0.15) is 11.9 Å². The van der Waals surface area contributed by atoms with E-state index in [0.717, 1.165) is 41.9 Å². The van der Waals surface area contributed by atoms with Crippen LogP contribution in [0.5, 0.6) is 0 Å². The lowest BCUT2D eigenvalue weighted by molar-refractivity contribution is 0.00816. The first-order valence-corrected chi connectivity index (χ1v) is 6.57. The summed E-state index contributed by atoms with van der Waals surface area (Å²) in [7, 11) is 2.06. The summed E-state index contributed by atoms with van der Waals surface area (Å²) in [6, 6.07) is 6.17. The fourth-order valence-corrected chi connectivity index (χ4v) is 2.69. The number of ether oxygens (including phenoxy) is 1. The van der Waals surface area contributed by atoms with E-state index in [2.05, 4.69) is 17.7 Å². The van der Waals surface area contributed by atoms with Crippen molar-refractivity contribution in [1.82, 2.24) is 9.55 Å². The number of rotatable bonds is 2. The molecule has 0 saturated carbocycles. The van der Waals surface area contributed by atoms with Gasteiger partial charge in [0.05, 0.1) is 11.0 Å². The van der Waals surface area contributed by atoms with E-state index in [-0.39, 0.29) is 6.10 Å². The summed E-state index contributed by atoms with van der Waals surface area (Å²) in [5.74, 6) is 1.03. The maximum absolute atomic E-state index is 5.83. The highest BCUT2D eigenvalue weighted by Gasteiger charge is 2.22. The van der Waals surface area contributed by atoms with Gasteiger partial charge in [-0.05, 0) is 30.9 Å². The molecule has 1 fully saturated rings. The van der Waals surface area contributed by atoms with Crippen molar-refractivity contribution in [2.75, 3.05) is 6.61 Å². The van der Waals surface area contributed by atoms with Gasteiger partial charge in [-0.3, -0.25) is 0 Å². The van der Waals surface area contributed by atoms with Crippen molar-refractivity contribution in [3.05, 3.63) is 29.6 Å². The predicted molar refractivity (Wildman–Crippen MR) is 71.1 cm³/mol. The van der Waals surface area contributed by atoms with Gasteiger partial charge in [0.15, 0.2) is 0 Å². The molecule has 1 aromatic carbocycles. The smallest absolute Gasteiger partial charge is 0.138 e. The Morgan fingerprint density at radius 2 is 2.33 bits per heavy atom. The first kappa shape index (κ1) is 11.7. The normalized spacial score (nSPS) is 20.4. The van der Waals surface area contributed by atoms with Gasteiger partial charge in [0.25, 0.3) is 0 Å². The quantitative estimate of drug-likeness (QED) is 0.883. The minimum absolute atomic E-state index is 0.141. The minimum Gasteiger partial charge on any atom is -0.370 e. The molecular weight excluding hydrogens is 226 g/mol. The van der Waals surface area contributed by atoms with Crippen molar-refractivity contribution in [1.29, 1.82) is 0 Å². The van der Waals surface area contributed by atoms with E-state index in [1.54, 1.807) is 0 Å². The molecule has 96 valence electrons. The lowest BCUT2D eigenvalue weighted by Crippen LogP contribution is -2.15. The molecule has 4 heteroatoms. The second-order valence-corrected chi connectivity index (χ2v) is 4.87. The Kier molecular flexibility index (Phi) is 3.06. The van der Waals surface area contributed by atoms with E-state index in [1.165, 1.54) is 6.42 Å². The van der Waals surface area contributed by atoms with Crippen LogP contribution in [0, 0.1) is 0 Å². The Bertz CT molecular complexity index is 555. The van der Waals surface area contributed by atoms with Crippen LogP contribution in [0.15, 0.2) is 18.2 Å². The molecule has 0 spiro atoms. The molecule has 2 aromatic rings. The lowest BCUT2D eigenvalue weighted by Gasteiger charge is -2.21. The van der Waals surface area contributed by atoms with E-state index < -0.39 is 0 Å². The zero-order chi connectivity index (χ0) is 12.5. The Morgan fingerprint density at radius 3 is 3.06 bits per heavy atom. The minimum atomic E-state index is 0.141. The molecule has 4 nitrogen and oxygen atoms in total. The average Bonchev–Trinajstić information content (AvgIpc) is 2.77. The van der Waals surface area contributed by atoms with Crippen molar-refractivity contribution in [2.45, 2.75) is 31.9 Å². The molecule has 0 radical (unpaired) electrons. The third-order valence-electron chi connectivity index (χ3n) is 3.72. The van der Waals surface area contributed by atoms with Crippen LogP contribution in [0.4, 0.5) is 0 Å². The third kappa shape index (κ3) is 1.82. The van der Waals surface area contributed by atoms with Crippen molar-refractivity contribution in [2.24, 2.45) is 12.8 Å². The van der Waals surface area contributed by atoms with Crippen LogP contribution in [-0.4, -0.2) is 16.2 Å². The van der Waals surface area contributed by atoms with E-state index in [9.17, 15) is 0 Å². The number of nitrogens with two attached hydrogens (primary N) is 1. The summed E-state index contributed by atoms with van der Waals surface area (Å²) in [5, 5.41) is 0. The molecule has 18 heavy (non-hydrogen) atoms. The van der Waals surface area contributed by atoms with Gasteiger partial charge in [0.2, 0.25) is 0 Å². The number of benzene rings is 1. The molecule has 1 aromatic heterocycles. The van der Waals surface area contributed by atoms with Gasteiger partial charge >= 0.3 is 0 Å². The monoisotopic (exact) mass is 245 g/mol. The van der Waals surface area contributed by atoms with Crippen LogP contribution in [0.25, 0.3) is 11.0 Å².